The average molecular weight is 322 g/mol. The maximum absolute atomic E-state index is 11.9. The standard InChI is InChI=1S/C15H16ClN3O3/c16-13-9-12(17-15(20)14-3-6-22-18-14)2-1-11(13)10-19-4-7-21-8-5-19/h1-3,6,9H,4-5,7-8,10H2,(H,17,20). The van der Waals surface area contributed by atoms with Crippen molar-refractivity contribution in [1.29, 1.82) is 0 Å². The zero-order chi connectivity index (χ0) is 15.4. The van der Waals surface area contributed by atoms with Gasteiger partial charge < -0.3 is 14.6 Å². The van der Waals surface area contributed by atoms with Crippen LogP contribution in [-0.4, -0.2) is 42.3 Å². The van der Waals surface area contributed by atoms with Gasteiger partial charge in [0.15, 0.2) is 5.69 Å². The predicted octanol–water partition coefficient (Wildman–Crippen LogP) is 2.41. The van der Waals surface area contributed by atoms with E-state index < -0.39 is 0 Å². The molecule has 7 heteroatoms. The number of ether oxygens (including phenoxy) is 1. The Morgan fingerprint density at radius 2 is 2.14 bits per heavy atom. The number of rotatable bonds is 4. The van der Waals surface area contributed by atoms with Crippen LogP contribution in [0.15, 0.2) is 35.1 Å². The minimum absolute atomic E-state index is 0.230. The van der Waals surface area contributed by atoms with Crippen LogP contribution in [0.25, 0.3) is 0 Å². The molecule has 0 radical (unpaired) electrons. The van der Waals surface area contributed by atoms with E-state index in [1.165, 1.54) is 12.3 Å². The van der Waals surface area contributed by atoms with Gasteiger partial charge in [0.1, 0.15) is 6.26 Å². The van der Waals surface area contributed by atoms with Gasteiger partial charge in [-0.25, -0.2) is 0 Å². The van der Waals surface area contributed by atoms with E-state index >= 15 is 0 Å². The number of morpholine rings is 1. The van der Waals surface area contributed by atoms with Gasteiger partial charge in [-0.3, -0.25) is 9.69 Å². The molecule has 1 aromatic heterocycles. The van der Waals surface area contributed by atoms with Gasteiger partial charge in [0.05, 0.1) is 13.2 Å². The Bertz CT molecular complexity index is 639. The Hall–Kier alpha value is -1.89. The van der Waals surface area contributed by atoms with Crippen molar-refractivity contribution in [3.63, 3.8) is 0 Å². The summed E-state index contributed by atoms with van der Waals surface area (Å²) in [4.78, 5) is 14.2. The molecule has 0 spiro atoms. The second kappa shape index (κ2) is 6.91. The molecule has 1 aliphatic heterocycles. The quantitative estimate of drug-likeness (QED) is 0.936. The van der Waals surface area contributed by atoms with Gasteiger partial charge in [-0.2, -0.15) is 0 Å². The lowest BCUT2D eigenvalue weighted by molar-refractivity contribution is 0.0342. The third-order valence-electron chi connectivity index (χ3n) is 3.48. The monoisotopic (exact) mass is 321 g/mol. The Morgan fingerprint density at radius 3 is 2.82 bits per heavy atom. The van der Waals surface area contributed by atoms with Gasteiger partial charge in [0.25, 0.3) is 5.91 Å². The molecular formula is C15H16ClN3O3. The summed E-state index contributed by atoms with van der Waals surface area (Å²) in [5, 5.41) is 6.96. The Kier molecular flexibility index (Phi) is 4.72. The summed E-state index contributed by atoms with van der Waals surface area (Å²) in [5.74, 6) is -0.328. The van der Waals surface area contributed by atoms with Crippen LogP contribution in [-0.2, 0) is 11.3 Å². The summed E-state index contributed by atoms with van der Waals surface area (Å²) in [5.41, 5.74) is 1.89. The molecule has 0 saturated carbocycles. The number of hydrogen-bond donors (Lipinski definition) is 1. The molecule has 22 heavy (non-hydrogen) atoms. The van der Waals surface area contributed by atoms with Gasteiger partial charge in [-0.05, 0) is 17.7 Å². The van der Waals surface area contributed by atoms with Crippen molar-refractivity contribution in [3.05, 3.63) is 46.8 Å². The topological polar surface area (TPSA) is 67.6 Å². The summed E-state index contributed by atoms with van der Waals surface area (Å²) >= 11 is 6.31. The molecule has 2 aromatic rings. The summed E-state index contributed by atoms with van der Waals surface area (Å²) in [6, 6.07) is 7.01. The molecule has 0 atom stereocenters. The van der Waals surface area contributed by atoms with Crippen LogP contribution in [0, 0.1) is 0 Å². The van der Waals surface area contributed by atoms with Gasteiger partial charge in [0, 0.05) is 36.4 Å². The average Bonchev–Trinajstić information content (AvgIpc) is 3.05. The molecule has 2 heterocycles. The van der Waals surface area contributed by atoms with Gasteiger partial charge in [0.2, 0.25) is 0 Å². The number of nitrogens with one attached hydrogen (secondary N) is 1. The van der Waals surface area contributed by atoms with Crippen molar-refractivity contribution in [2.24, 2.45) is 0 Å². The maximum Gasteiger partial charge on any atom is 0.277 e. The highest BCUT2D eigenvalue weighted by atomic mass is 35.5. The lowest BCUT2D eigenvalue weighted by atomic mass is 10.2. The van der Waals surface area contributed by atoms with Gasteiger partial charge in [-0.15, -0.1) is 0 Å². The second-order valence-corrected chi connectivity index (χ2v) is 5.44. The van der Waals surface area contributed by atoms with Crippen LogP contribution in [0.3, 0.4) is 0 Å². The Morgan fingerprint density at radius 1 is 1.32 bits per heavy atom. The van der Waals surface area contributed by atoms with Crippen molar-refractivity contribution in [2.45, 2.75) is 6.54 Å². The molecule has 0 bridgehead atoms. The fourth-order valence-electron chi connectivity index (χ4n) is 2.28. The Balaban J connectivity index is 1.65. The van der Waals surface area contributed by atoms with E-state index in [0.717, 1.165) is 38.4 Å². The number of carbonyl (C=O) groups is 1. The van der Waals surface area contributed by atoms with Gasteiger partial charge in [-0.1, -0.05) is 22.8 Å². The van der Waals surface area contributed by atoms with E-state index in [2.05, 4.69) is 19.9 Å². The molecule has 116 valence electrons. The largest absolute Gasteiger partial charge is 0.379 e. The zero-order valence-corrected chi connectivity index (χ0v) is 12.7. The molecule has 1 N–H and O–H groups in total. The van der Waals surface area contributed by atoms with E-state index in [-0.39, 0.29) is 11.6 Å². The predicted molar refractivity (Wildman–Crippen MR) is 82.0 cm³/mol. The van der Waals surface area contributed by atoms with Crippen LogP contribution >= 0.6 is 11.6 Å². The molecule has 1 aliphatic rings. The molecule has 0 aliphatic carbocycles. The number of benzene rings is 1. The number of carbonyl (C=O) groups excluding carboxylic acids is 1. The highest BCUT2D eigenvalue weighted by Gasteiger charge is 2.14. The minimum Gasteiger partial charge on any atom is -0.379 e. The normalized spacial score (nSPS) is 15.7. The molecule has 0 unspecified atom stereocenters. The molecule has 6 nitrogen and oxygen atoms in total. The first-order chi connectivity index (χ1) is 10.7. The first-order valence-electron chi connectivity index (χ1n) is 7.02. The van der Waals surface area contributed by atoms with E-state index in [4.69, 9.17) is 16.3 Å². The van der Waals surface area contributed by atoms with E-state index in [1.54, 1.807) is 6.07 Å². The van der Waals surface area contributed by atoms with Crippen LogP contribution in [0.5, 0.6) is 0 Å². The molecule has 1 fully saturated rings. The van der Waals surface area contributed by atoms with E-state index in [9.17, 15) is 4.79 Å². The highest BCUT2D eigenvalue weighted by molar-refractivity contribution is 6.31. The summed E-state index contributed by atoms with van der Waals surface area (Å²) in [6.07, 6.45) is 1.35. The number of nitrogens with zero attached hydrogens (tertiary/aromatic N) is 2. The molecule has 3 rings (SSSR count). The smallest absolute Gasteiger partial charge is 0.277 e. The zero-order valence-electron chi connectivity index (χ0n) is 11.9. The number of anilines is 1. The first kappa shape index (κ1) is 15.0. The summed E-state index contributed by atoms with van der Waals surface area (Å²) < 4.78 is 9.98. The van der Waals surface area contributed by atoms with E-state index in [1.807, 2.05) is 12.1 Å². The molecule has 1 amide bonds. The van der Waals surface area contributed by atoms with E-state index in [0.29, 0.717) is 10.7 Å². The third kappa shape index (κ3) is 3.65. The summed E-state index contributed by atoms with van der Waals surface area (Å²) in [6.45, 7) is 4.09. The minimum atomic E-state index is -0.328. The second-order valence-electron chi connectivity index (χ2n) is 5.03. The molecule has 1 aromatic carbocycles. The van der Waals surface area contributed by atoms with Crippen molar-refractivity contribution in [2.75, 3.05) is 31.6 Å². The van der Waals surface area contributed by atoms with Crippen LogP contribution in [0.2, 0.25) is 5.02 Å². The van der Waals surface area contributed by atoms with Crippen molar-refractivity contribution in [1.82, 2.24) is 10.1 Å². The summed E-state index contributed by atoms with van der Waals surface area (Å²) in [7, 11) is 0. The van der Waals surface area contributed by atoms with Crippen molar-refractivity contribution < 1.29 is 14.1 Å². The van der Waals surface area contributed by atoms with Crippen LogP contribution < -0.4 is 5.32 Å². The van der Waals surface area contributed by atoms with Crippen molar-refractivity contribution >= 4 is 23.2 Å². The van der Waals surface area contributed by atoms with Crippen LogP contribution in [0.1, 0.15) is 16.1 Å². The van der Waals surface area contributed by atoms with Gasteiger partial charge >= 0.3 is 0 Å². The third-order valence-corrected chi connectivity index (χ3v) is 3.83. The lowest BCUT2D eigenvalue weighted by Crippen LogP contribution is -2.35. The number of amides is 1. The maximum atomic E-state index is 11.9. The number of aromatic nitrogens is 1. The lowest BCUT2D eigenvalue weighted by Gasteiger charge is -2.27. The first-order valence-corrected chi connectivity index (χ1v) is 7.40. The SMILES string of the molecule is O=C(Nc1ccc(CN2CCOCC2)c(Cl)c1)c1ccon1. The van der Waals surface area contributed by atoms with Crippen molar-refractivity contribution in [3.8, 4) is 0 Å². The number of hydrogen-bond acceptors (Lipinski definition) is 5. The fourth-order valence-corrected chi connectivity index (χ4v) is 2.52. The van der Waals surface area contributed by atoms with Crippen LogP contribution in [0.4, 0.5) is 5.69 Å². The number of halogens is 1. The highest BCUT2D eigenvalue weighted by Crippen LogP contribution is 2.23. The fraction of sp³-hybridized carbons (Fsp3) is 0.333. The molecular weight excluding hydrogens is 306 g/mol. The molecule has 1 saturated heterocycles. The Labute approximate surface area is 133 Å².